The van der Waals surface area contributed by atoms with Crippen LogP contribution < -0.4 is 25.5 Å². The summed E-state index contributed by atoms with van der Waals surface area (Å²) in [4.78, 5) is 29.9. The number of methoxy groups -OCH3 is 1. The number of imidazole rings is 1. The fourth-order valence-electron chi connectivity index (χ4n) is 3.55. The van der Waals surface area contributed by atoms with Crippen molar-refractivity contribution in [2.24, 2.45) is 14.1 Å². The highest BCUT2D eigenvalue weighted by Gasteiger charge is 2.24. The number of fused-ring (bicyclic) bond motifs is 1. The third-order valence-electron chi connectivity index (χ3n) is 5.18. The van der Waals surface area contributed by atoms with E-state index in [1.807, 2.05) is 0 Å². The number of alkyl halides is 2. The zero-order valence-electron chi connectivity index (χ0n) is 19.2. The highest BCUT2D eigenvalue weighted by Crippen LogP contribution is 2.31. The predicted octanol–water partition coefficient (Wildman–Crippen LogP) is 3.93. The molecule has 0 radical (unpaired) electrons. The van der Waals surface area contributed by atoms with Crippen LogP contribution in [-0.4, -0.2) is 31.9 Å². The summed E-state index contributed by atoms with van der Waals surface area (Å²) in [7, 11) is 4.32. The smallest absolute Gasteiger partial charge is 0.394 e. The van der Waals surface area contributed by atoms with Gasteiger partial charge in [0.25, 0.3) is 5.56 Å². The third-order valence-corrected chi connectivity index (χ3v) is 5.49. The van der Waals surface area contributed by atoms with E-state index >= 15 is 0 Å². The minimum absolute atomic E-state index is 0.0346. The molecule has 0 unspecified atom stereocenters. The molecule has 0 bridgehead atoms. The second kappa shape index (κ2) is 9.06. The number of hydrogen-bond acceptors (Lipinski definition) is 6. The second-order valence-corrected chi connectivity index (χ2v) is 8.22. The van der Waals surface area contributed by atoms with Gasteiger partial charge in [-0.1, -0.05) is 23.7 Å². The van der Waals surface area contributed by atoms with Gasteiger partial charge in [-0.2, -0.15) is 13.8 Å². The van der Waals surface area contributed by atoms with Gasteiger partial charge in [0.2, 0.25) is 0 Å². The Labute approximate surface area is 202 Å². The van der Waals surface area contributed by atoms with E-state index in [1.165, 1.54) is 54.6 Å². The van der Waals surface area contributed by atoms with E-state index in [1.54, 1.807) is 18.2 Å². The molecule has 0 fully saturated rings. The van der Waals surface area contributed by atoms with E-state index in [-0.39, 0.29) is 35.2 Å². The van der Waals surface area contributed by atoms with Crippen molar-refractivity contribution in [2.45, 2.75) is 19.6 Å². The number of nitrogens with zero attached hydrogens (tertiary/aromatic N) is 4. The lowest BCUT2D eigenvalue weighted by atomic mass is 10.2. The lowest BCUT2D eigenvalue weighted by Crippen LogP contribution is -2.37. The molecule has 0 spiro atoms. The summed E-state index contributed by atoms with van der Waals surface area (Å²) in [6.45, 7) is 0.729. The first kappa shape index (κ1) is 24.3. The molecule has 0 N–H and O–H groups in total. The summed E-state index contributed by atoms with van der Waals surface area (Å²) in [5.74, 6) is 0.448. The number of aryl methyl sites for hydroxylation is 1. The van der Waals surface area contributed by atoms with Gasteiger partial charge >= 0.3 is 17.8 Å². The van der Waals surface area contributed by atoms with Gasteiger partial charge in [-0.3, -0.25) is 18.5 Å². The maximum atomic E-state index is 13.3. The summed E-state index contributed by atoms with van der Waals surface area (Å²) in [5.41, 5.74) is -0.219. The average Bonchev–Trinajstić information content (AvgIpc) is 3.14. The van der Waals surface area contributed by atoms with Crippen molar-refractivity contribution in [1.29, 1.82) is 0 Å². The summed E-state index contributed by atoms with van der Waals surface area (Å²) in [5, 5.41) is 0.408. The minimum atomic E-state index is -3.39. The van der Waals surface area contributed by atoms with Crippen molar-refractivity contribution in [1.82, 2.24) is 18.7 Å². The van der Waals surface area contributed by atoms with Gasteiger partial charge in [0.15, 0.2) is 11.2 Å². The van der Waals surface area contributed by atoms with E-state index in [0.717, 1.165) is 4.57 Å². The molecule has 184 valence electrons. The van der Waals surface area contributed by atoms with Crippen molar-refractivity contribution < 1.29 is 23.0 Å². The fraction of sp³-hybridized carbons (Fsp3) is 0.261. The van der Waals surface area contributed by atoms with E-state index in [2.05, 4.69) is 9.72 Å². The lowest BCUT2D eigenvalue weighted by molar-refractivity contribution is -0.159. The van der Waals surface area contributed by atoms with E-state index in [0.29, 0.717) is 23.3 Å². The first-order chi connectivity index (χ1) is 16.5. The number of rotatable bonds is 7. The Bertz CT molecular complexity index is 1540. The largest absolute Gasteiger partial charge is 0.495 e. The molecule has 2 aromatic heterocycles. The van der Waals surface area contributed by atoms with Gasteiger partial charge in [-0.25, -0.2) is 4.79 Å². The first-order valence-corrected chi connectivity index (χ1v) is 10.7. The molecule has 4 rings (SSSR count). The van der Waals surface area contributed by atoms with Crippen molar-refractivity contribution >= 4 is 22.8 Å². The highest BCUT2D eigenvalue weighted by atomic mass is 35.5. The zero-order chi connectivity index (χ0) is 25.5. The van der Waals surface area contributed by atoms with Crippen LogP contribution in [0.4, 0.5) is 8.78 Å². The molecule has 4 aromatic rings. The van der Waals surface area contributed by atoms with Crippen LogP contribution in [0.2, 0.25) is 5.02 Å². The third kappa shape index (κ3) is 4.85. The molecule has 0 saturated heterocycles. The van der Waals surface area contributed by atoms with Crippen LogP contribution in [0.25, 0.3) is 11.2 Å². The Morgan fingerprint density at radius 3 is 2.46 bits per heavy atom. The van der Waals surface area contributed by atoms with Crippen LogP contribution in [0.1, 0.15) is 12.5 Å². The molecule has 2 aromatic carbocycles. The normalized spacial score (nSPS) is 11.6. The Morgan fingerprint density at radius 1 is 1.06 bits per heavy atom. The number of halogens is 3. The molecule has 9 nitrogen and oxygen atoms in total. The van der Waals surface area contributed by atoms with E-state index in [9.17, 15) is 18.4 Å². The van der Waals surface area contributed by atoms with E-state index < -0.39 is 17.4 Å². The van der Waals surface area contributed by atoms with Gasteiger partial charge in [0.05, 0.1) is 18.7 Å². The second-order valence-electron chi connectivity index (χ2n) is 7.81. The van der Waals surface area contributed by atoms with Gasteiger partial charge in [0, 0.05) is 27.1 Å². The van der Waals surface area contributed by atoms with Crippen LogP contribution >= 0.6 is 11.6 Å². The molecule has 0 aliphatic carbocycles. The van der Waals surface area contributed by atoms with Crippen molar-refractivity contribution in [3.63, 3.8) is 0 Å². The SMILES string of the molecule is COc1cc(Cn2c(Oc3cccc(OC(C)(F)F)c3)nc3c2c(=O)n(C)c(=O)n3C)ccc1Cl. The van der Waals surface area contributed by atoms with E-state index in [4.69, 9.17) is 21.1 Å². The van der Waals surface area contributed by atoms with Crippen LogP contribution in [0.3, 0.4) is 0 Å². The molecule has 12 heteroatoms. The maximum Gasteiger partial charge on any atom is 0.394 e. The number of hydrogen-bond donors (Lipinski definition) is 0. The Kier molecular flexibility index (Phi) is 6.28. The monoisotopic (exact) mass is 506 g/mol. The molecular formula is C23H21ClF2N4O5. The molecule has 0 amide bonds. The zero-order valence-corrected chi connectivity index (χ0v) is 20.0. The predicted molar refractivity (Wildman–Crippen MR) is 125 cm³/mol. The Hall–Kier alpha value is -3.86. The topological polar surface area (TPSA) is 89.5 Å². The summed E-state index contributed by atoms with van der Waals surface area (Å²) in [6.07, 6.45) is -3.39. The molecule has 35 heavy (non-hydrogen) atoms. The van der Waals surface area contributed by atoms with Crippen LogP contribution in [-0.2, 0) is 20.6 Å². The van der Waals surface area contributed by atoms with Crippen LogP contribution in [0, 0.1) is 0 Å². The van der Waals surface area contributed by atoms with Crippen molar-refractivity contribution in [2.75, 3.05) is 7.11 Å². The number of benzene rings is 2. The lowest BCUT2D eigenvalue weighted by Gasteiger charge is -2.14. The Balaban J connectivity index is 1.87. The molecule has 0 aliphatic heterocycles. The minimum Gasteiger partial charge on any atom is -0.495 e. The summed E-state index contributed by atoms with van der Waals surface area (Å²) >= 11 is 6.13. The van der Waals surface area contributed by atoms with Crippen molar-refractivity contribution in [3.05, 3.63) is 73.9 Å². The van der Waals surface area contributed by atoms with Crippen LogP contribution in [0.5, 0.6) is 23.3 Å². The Morgan fingerprint density at radius 2 is 1.77 bits per heavy atom. The first-order valence-electron chi connectivity index (χ1n) is 10.3. The molecular weight excluding hydrogens is 486 g/mol. The average molecular weight is 507 g/mol. The van der Waals surface area contributed by atoms with Gasteiger partial charge in [-0.05, 0) is 29.8 Å². The van der Waals surface area contributed by atoms with Gasteiger partial charge in [-0.15, -0.1) is 0 Å². The van der Waals surface area contributed by atoms with Gasteiger partial charge < -0.3 is 14.2 Å². The fourth-order valence-corrected chi connectivity index (χ4v) is 3.74. The van der Waals surface area contributed by atoms with Crippen molar-refractivity contribution in [3.8, 4) is 23.3 Å². The molecule has 0 saturated carbocycles. The molecule has 0 atom stereocenters. The maximum absolute atomic E-state index is 13.3. The summed E-state index contributed by atoms with van der Waals surface area (Å²) < 4.78 is 46.0. The standard InChI is InChI=1S/C23H21ClF2N4O5/c1-23(25,26)35-15-7-5-6-14(11-15)34-21-27-19-18(20(31)29(3)22(32)28(19)2)30(21)12-13-8-9-16(24)17(10-13)33-4/h5-11H,12H2,1-4H3. The number of aromatic nitrogens is 4. The quantitative estimate of drug-likeness (QED) is 0.377. The summed E-state index contributed by atoms with van der Waals surface area (Å²) in [6, 6.07) is 10.7. The number of ether oxygens (including phenoxy) is 3. The molecule has 0 aliphatic rings. The van der Waals surface area contributed by atoms with Gasteiger partial charge in [0.1, 0.15) is 17.2 Å². The van der Waals surface area contributed by atoms with Crippen LogP contribution in [0.15, 0.2) is 52.1 Å². The highest BCUT2D eigenvalue weighted by molar-refractivity contribution is 6.32. The molecule has 2 heterocycles.